The van der Waals surface area contributed by atoms with Gasteiger partial charge in [0.05, 0.1) is 12.5 Å². The Bertz CT molecular complexity index is 213. The zero-order valence-corrected chi connectivity index (χ0v) is 10.1. The van der Waals surface area contributed by atoms with Crippen molar-refractivity contribution >= 4 is 5.91 Å². The summed E-state index contributed by atoms with van der Waals surface area (Å²) in [6.07, 6.45) is 0.131. The zero-order valence-electron chi connectivity index (χ0n) is 10.1. The second-order valence-electron chi connectivity index (χ2n) is 4.12. The molecule has 0 aromatic heterocycles. The van der Waals surface area contributed by atoms with Gasteiger partial charge >= 0.3 is 0 Å². The van der Waals surface area contributed by atoms with Crippen molar-refractivity contribution in [3.05, 3.63) is 0 Å². The molecule has 0 aliphatic carbocycles. The van der Waals surface area contributed by atoms with Crippen molar-refractivity contribution in [2.45, 2.75) is 12.5 Å². The number of nitrogens with one attached hydrogen (secondary N) is 1. The maximum atomic E-state index is 11.6. The lowest BCUT2D eigenvalue weighted by molar-refractivity contribution is -0.129. The summed E-state index contributed by atoms with van der Waals surface area (Å²) in [6.45, 7) is 4.05. The SMILES string of the molecule is COC(CN)CC(=O)NN1CCN(C)CC1. The van der Waals surface area contributed by atoms with Crippen LogP contribution in [0.4, 0.5) is 0 Å². The van der Waals surface area contributed by atoms with Crippen LogP contribution in [-0.2, 0) is 9.53 Å². The van der Waals surface area contributed by atoms with E-state index >= 15 is 0 Å². The van der Waals surface area contributed by atoms with Crippen molar-refractivity contribution in [3.63, 3.8) is 0 Å². The molecule has 0 saturated carbocycles. The molecule has 6 nitrogen and oxygen atoms in total. The summed E-state index contributed by atoms with van der Waals surface area (Å²) in [5.41, 5.74) is 8.33. The molecule has 0 aromatic carbocycles. The highest BCUT2D eigenvalue weighted by molar-refractivity contribution is 5.75. The Balaban J connectivity index is 2.23. The molecule has 1 heterocycles. The summed E-state index contributed by atoms with van der Waals surface area (Å²) < 4.78 is 5.06. The van der Waals surface area contributed by atoms with Crippen molar-refractivity contribution in [1.29, 1.82) is 0 Å². The summed E-state index contributed by atoms with van der Waals surface area (Å²) in [5, 5.41) is 1.95. The molecular weight excluding hydrogens is 208 g/mol. The molecule has 0 bridgehead atoms. The molecule has 94 valence electrons. The van der Waals surface area contributed by atoms with Crippen molar-refractivity contribution < 1.29 is 9.53 Å². The first-order valence-corrected chi connectivity index (χ1v) is 5.61. The fraction of sp³-hybridized carbons (Fsp3) is 0.900. The van der Waals surface area contributed by atoms with Gasteiger partial charge < -0.3 is 15.4 Å². The molecule has 6 heteroatoms. The van der Waals surface area contributed by atoms with Crippen molar-refractivity contribution in [2.24, 2.45) is 5.73 Å². The maximum Gasteiger partial charge on any atom is 0.236 e. The number of carbonyl (C=O) groups excluding carboxylic acids is 1. The molecule has 1 atom stereocenters. The molecule has 1 aliphatic heterocycles. The van der Waals surface area contributed by atoms with Crippen LogP contribution in [0.1, 0.15) is 6.42 Å². The minimum Gasteiger partial charge on any atom is -0.380 e. The van der Waals surface area contributed by atoms with Gasteiger partial charge in [-0.25, -0.2) is 5.01 Å². The maximum absolute atomic E-state index is 11.6. The van der Waals surface area contributed by atoms with Gasteiger partial charge in [0.15, 0.2) is 0 Å². The highest BCUT2D eigenvalue weighted by Crippen LogP contribution is 1.98. The number of piperazine rings is 1. The first-order chi connectivity index (χ1) is 7.65. The van der Waals surface area contributed by atoms with E-state index in [0.29, 0.717) is 13.0 Å². The van der Waals surface area contributed by atoms with Gasteiger partial charge in [0, 0.05) is 39.8 Å². The molecular formula is C10H22N4O2. The lowest BCUT2D eigenvalue weighted by Gasteiger charge is -2.32. The van der Waals surface area contributed by atoms with Crippen molar-refractivity contribution in [1.82, 2.24) is 15.3 Å². The summed E-state index contributed by atoms with van der Waals surface area (Å²) >= 11 is 0. The number of carbonyl (C=O) groups is 1. The Labute approximate surface area is 96.7 Å². The highest BCUT2D eigenvalue weighted by atomic mass is 16.5. The fourth-order valence-corrected chi connectivity index (χ4v) is 1.61. The molecule has 16 heavy (non-hydrogen) atoms. The van der Waals surface area contributed by atoms with Crippen molar-refractivity contribution in [3.8, 4) is 0 Å². The molecule has 1 fully saturated rings. The molecule has 1 unspecified atom stereocenters. The third-order valence-corrected chi connectivity index (χ3v) is 2.80. The lowest BCUT2D eigenvalue weighted by atomic mass is 10.2. The average Bonchev–Trinajstić information content (AvgIpc) is 2.29. The number of nitrogens with two attached hydrogens (primary N) is 1. The minimum absolute atomic E-state index is 0.0261. The standard InChI is InChI=1S/C10H22N4O2/c1-13-3-5-14(6-4-13)12-10(15)7-9(8-11)16-2/h9H,3-8,11H2,1-2H3,(H,12,15). The van der Waals surface area contributed by atoms with Crippen LogP contribution in [0.5, 0.6) is 0 Å². The van der Waals surface area contributed by atoms with E-state index in [1.165, 1.54) is 0 Å². The van der Waals surface area contributed by atoms with E-state index in [0.717, 1.165) is 26.2 Å². The second kappa shape index (κ2) is 6.80. The number of ether oxygens (including phenoxy) is 1. The van der Waals surface area contributed by atoms with Gasteiger partial charge in [-0.05, 0) is 7.05 Å². The Morgan fingerprint density at radius 3 is 2.56 bits per heavy atom. The summed E-state index contributed by atoms with van der Waals surface area (Å²) in [4.78, 5) is 13.9. The highest BCUT2D eigenvalue weighted by Gasteiger charge is 2.17. The molecule has 0 aromatic rings. The summed E-state index contributed by atoms with van der Waals surface area (Å²) in [6, 6.07) is 0. The first-order valence-electron chi connectivity index (χ1n) is 5.61. The van der Waals surface area contributed by atoms with Crippen LogP contribution in [0.2, 0.25) is 0 Å². The van der Waals surface area contributed by atoms with Gasteiger partial charge in [0.1, 0.15) is 0 Å². The van der Waals surface area contributed by atoms with E-state index in [9.17, 15) is 4.79 Å². The number of amides is 1. The molecule has 0 spiro atoms. The van der Waals surface area contributed by atoms with Gasteiger partial charge in [0.25, 0.3) is 0 Å². The topological polar surface area (TPSA) is 70.8 Å². The van der Waals surface area contributed by atoms with Crippen LogP contribution >= 0.6 is 0 Å². The molecule has 1 amide bonds. The number of likely N-dealkylation sites (N-methyl/N-ethyl adjacent to an activating group) is 1. The second-order valence-corrected chi connectivity index (χ2v) is 4.12. The largest absolute Gasteiger partial charge is 0.380 e. The van der Waals surface area contributed by atoms with E-state index in [2.05, 4.69) is 17.4 Å². The number of hydrazine groups is 1. The average molecular weight is 230 g/mol. The number of hydrogen-bond acceptors (Lipinski definition) is 5. The van der Waals surface area contributed by atoms with E-state index in [1.54, 1.807) is 7.11 Å². The lowest BCUT2D eigenvalue weighted by Crippen LogP contribution is -2.53. The zero-order chi connectivity index (χ0) is 12.0. The smallest absolute Gasteiger partial charge is 0.236 e. The third-order valence-electron chi connectivity index (χ3n) is 2.80. The van der Waals surface area contributed by atoms with Crippen LogP contribution in [0, 0.1) is 0 Å². The Morgan fingerprint density at radius 2 is 2.06 bits per heavy atom. The molecule has 1 saturated heterocycles. The van der Waals surface area contributed by atoms with Gasteiger partial charge in [-0.1, -0.05) is 0 Å². The number of rotatable bonds is 5. The Kier molecular flexibility index (Phi) is 5.68. The van der Waals surface area contributed by atoms with Gasteiger partial charge in [-0.3, -0.25) is 10.2 Å². The van der Waals surface area contributed by atoms with Crippen LogP contribution in [-0.4, -0.2) is 68.8 Å². The quantitative estimate of drug-likeness (QED) is 0.610. The van der Waals surface area contributed by atoms with E-state index in [1.807, 2.05) is 5.01 Å². The summed E-state index contributed by atoms with van der Waals surface area (Å²) in [7, 11) is 3.65. The fourth-order valence-electron chi connectivity index (χ4n) is 1.61. The van der Waals surface area contributed by atoms with Crippen LogP contribution in [0.15, 0.2) is 0 Å². The van der Waals surface area contributed by atoms with Crippen molar-refractivity contribution in [2.75, 3.05) is 46.9 Å². The molecule has 1 aliphatic rings. The summed E-state index contributed by atoms with van der Waals surface area (Å²) in [5.74, 6) is -0.0261. The minimum atomic E-state index is -0.188. The van der Waals surface area contributed by atoms with Gasteiger partial charge in [-0.2, -0.15) is 0 Å². The van der Waals surface area contributed by atoms with E-state index in [-0.39, 0.29) is 12.0 Å². The third kappa shape index (κ3) is 4.44. The van der Waals surface area contributed by atoms with Crippen LogP contribution in [0.3, 0.4) is 0 Å². The van der Waals surface area contributed by atoms with Crippen LogP contribution in [0.25, 0.3) is 0 Å². The van der Waals surface area contributed by atoms with Crippen LogP contribution < -0.4 is 11.2 Å². The predicted octanol–water partition coefficient (Wildman–Crippen LogP) is -1.37. The van der Waals surface area contributed by atoms with Gasteiger partial charge in [0.2, 0.25) is 5.91 Å². The molecule has 3 N–H and O–H groups in total. The monoisotopic (exact) mass is 230 g/mol. The number of nitrogens with zero attached hydrogens (tertiary/aromatic N) is 2. The number of hydrogen-bond donors (Lipinski definition) is 2. The van der Waals surface area contributed by atoms with E-state index < -0.39 is 0 Å². The Hall–Kier alpha value is -0.690. The Morgan fingerprint density at radius 1 is 1.44 bits per heavy atom. The van der Waals surface area contributed by atoms with Gasteiger partial charge in [-0.15, -0.1) is 0 Å². The molecule has 1 rings (SSSR count). The first kappa shape index (κ1) is 13.4. The normalized spacial score (nSPS) is 20.7. The molecule has 0 radical (unpaired) electrons. The number of methoxy groups -OCH3 is 1. The predicted molar refractivity (Wildman–Crippen MR) is 61.7 cm³/mol. The van der Waals surface area contributed by atoms with E-state index in [4.69, 9.17) is 10.5 Å².